The van der Waals surface area contributed by atoms with Crippen molar-refractivity contribution >= 4 is 34.0 Å². The molecule has 9 nitrogen and oxygen atoms in total. The third kappa shape index (κ3) is 9.21. The van der Waals surface area contributed by atoms with Crippen LogP contribution in [0.4, 0.5) is 5.82 Å². The predicted molar refractivity (Wildman–Crippen MR) is 193 cm³/mol. The van der Waals surface area contributed by atoms with Gasteiger partial charge in [-0.05, 0) is 74.5 Å². The minimum Gasteiger partial charge on any atom is -0.493 e. The van der Waals surface area contributed by atoms with Crippen molar-refractivity contribution in [2.75, 3.05) is 58.8 Å². The molecule has 0 spiro atoms. The fourth-order valence-corrected chi connectivity index (χ4v) is 7.13. The molecule has 1 amide bonds. The number of hydrogen-bond donors (Lipinski definition) is 2. The Morgan fingerprint density at radius 3 is 2.53 bits per heavy atom. The molecule has 47 heavy (non-hydrogen) atoms. The van der Waals surface area contributed by atoms with E-state index >= 15 is 0 Å². The minimum absolute atomic E-state index is 0.0570. The number of unbranched alkanes of at least 4 members (excludes halogenated alkanes) is 4. The van der Waals surface area contributed by atoms with Crippen LogP contribution in [0.25, 0.3) is 22.0 Å². The first kappa shape index (κ1) is 34.6. The fraction of sp³-hybridized carbons (Fsp3) is 0.486. The zero-order valence-electron chi connectivity index (χ0n) is 28.6. The van der Waals surface area contributed by atoms with E-state index in [-0.39, 0.29) is 11.9 Å². The highest BCUT2D eigenvalue weighted by molar-refractivity contribution is 7.10. The van der Waals surface area contributed by atoms with Gasteiger partial charge in [0.25, 0.3) is 0 Å². The van der Waals surface area contributed by atoms with Gasteiger partial charge in [-0.2, -0.15) is 0 Å². The Bertz CT molecular complexity index is 1620. The average Bonchev–Trinajstić information content (AvgIpc) is 3.57. The van der Waals surface area contributed by atoms with Crippen LogP contribution in [0, 0.1) is 6.92 Å². The Balaban J connectivity index is 1.14. The number of fused-ring (bicyclic) bond motifs is 1. The molecule has 0 unspecified atom stereocenters. The third-order valence-electron chi connectivity index (χ3n) is 8.88. The molecule has 0 saturated carbocycles. The van der Waals surface area contributed by atoms with Gasteiger partial charge in [-0.3, -0.25) is 9.69 Å². The van der Waals surface area contributed by atoms with Crippen molar-refractivity contribution in [2.45, 2.75) is 65.5 Å². The molecule has 3 heterocycles. The molecule has 1 saturated heterocycles. The predicted octanol–water partition coefficient (Wildman–Crippen LogP) is 7.06. The van der Waals surface area contributed by atoms with E-state index < -0.39 is 0 Å². The molecule has 252 valence electrons. The van der Waals surface area contributed by atoms with E-state index in [2.05, 4.69) is 58.2 Å². The Labute approximate surface area is 283 Å². The van der Waals surface area contributed by atoms with Crippen LogP contribution in [0.2, 0.25) is 0 Å². The summed E-state index contributed by atoms with van der Waals surface area (Å²) in [5, 5.41) is 10.1. The maximum absolute atomic E-state index is 11.5. The highest BCUT2D eigenvalue weighted by atomic mass is 32.1. The average molecular weight is 659 g/mol. The highest BCUT2D eigenvalue weighted by Gasteiger charge is 2.19. The number of aryl methyl sites for hydroxylation is 1. The zero-order chi connectivity index (χ0) is 33.2. The van der Waals surface area contributed by atoms with Crippen molar-refractivity contribution in [3.05, 3.63) is 64.1 Å². The summed E-state index contributed by atoms with van der Waals surface area (Å²) < 4.78 is 12.0. The molecule has 2 aromatic heterocycles. The molecule has 1 fully saturated rings. The Morgan fingerprint density at radius 2 is 1.77 bits per heavy atom. The van der Waals surface area contributed by atoms with Crippen molar-refractivity contribution in [1.82, 2.24) is 25.1 Å². The van der Waals surface area contributed by atoms with E-state index in [0.29, 0.717) is 23.9 Å². The van der Waals surface area contributed by atoms with Gasteiger partial charge in [-0.1, -0.05) is 43.5 Å². The molecule has 2 aromatic carbocycles. The third-order valence-corrected chi connectivity index (χ3v) is 10.00. The van der Waals surface area contributed by atoms with E-state index in [1.54, 1.807) is 25.4 Å². The second-order valence-electron chi connectivity index (χ2n) is 12.4. The van der Waals surface area contributed by atoms with Crippen LogP contribution in [0.15, 0.2) is 47.8 Å². The van der Waals surface area contributed by atoms with Gasteiger partial charge in [0.05, 0.1) is 25.3 Å². The summed E-state index contributed by atoms with van der Waals surface area (Å²) >= 11 is 1.76. The second kappa shape index (κ2) is 16.9. The van der Waals surface area contributed by atoms with Gasteiger partial charge in [-0.15, -0.1) is 11.3 Å². The van der Waals surface area contributed by atoms with Gasteiger partial charge < -0.3 is 25.0 Å². The monoisotopic (exact) mass is 658 g/mol. The number of aromatic nitrogens is 2. The SMILES string of the molecule is CNCc1ccccc1-c1csc([C@H](C)Nc2nc(C)nc3cc(OCCCCCCCN4CCN(C(C)=O)CC4)c(OC)cc23)c1. The van der Waals surface area contributed by atoms with Gasteiger partial charge in [0.1, 0.15) is 11.6 Å². The molecule has 0 bridgehead atoms. The van der Waals surface area contributed by atoms with Crippen LogP contribution in [-0.2, 0) is 11.3 Å². The van der Waals surface area contributed by atoms with Gasteiger partial charge in [0, 0.05) is 56.0 Å². The van der Waals surface area contributed by atoms with E-state index in [1.807, 2.05) is 31.0 Å². The fourth-order valence-electron chi connectivity index (χ4n) is 6.22. The summed E-state index contributed by atoms with van der Waals surface area (Å²) in [5.74, 6) is 3.08. The lowest BCUT2D eigenvalue weighted by atomic mass is 10.0. The number of carbonyl (C=O) groups is 1. The molecule has 0 aliphatic carbocycles. The van der Waals surface area contributed by atoms with Crippen LogP contribution >= 0.6 is 11.3 Å². The van der Waals surface area contributed by atoms with Crippen LogP contribution < -0.4 is 20.1 Å². The summed E-state index contributed by atoms with van der Waals surface area (Å²) in [6, 6.07) is 14.9. The summed E-state index contributed by atoms with van der Waals surface area (Å²) in [6.07, 6.45) is 5.73. The Hall–Kier alpha value is -3.73. The first-order chi connectivity index (χ1) is 22.9. The normalized spacial score (nSPS) is 14.4. The van der Waals surface area contributed by atoms with Crippen molar-refractivity contribution in [1.29, 1.82) is 0 Å². The van der Waals surface area contributed by atoms with E-state index in [1.165, 1.54) is 40.8 Å². The van der Waals surface area contributed by atoms with Crippen LogP contribution in [-0.4, -0.2) is 79.2 Å². The van der Waals surface area contributed by atoms with Crippen molar-refractivity contribution < 1.29 is 14.3 Å². The molecule has 5 rings (SSSR count). The van der Waals surface area contributed by atoms with Crippen molar-refractivity contribution in [3.8, 4) is 22.6 Å². The topological polar surface area (TPSA) is 91.9 Å². The maximum atomic E-state index is 11.5. The van der Waals surface area contributed by atoms with Gasteiger partial charge in [0.15, 0.2) is 11.5 Å². The number of hydrogen-bond acceptors (Lipinski definition) is 9. The molecule has 4 aromatic rings. The number of methoxy groups -OCH3 is 1. The highest BCUT2D eigenvalue weighted by Crippen LogP contribution is 2.37. The number of benzene rings is 2. The number of nitrogens with one attached hydrogen (secondary N) is 2. The maximum Gasteiger partial charge on any atom is 0.219 e. The smallest absolute Gasteiger partial charge is 0.219 e. The lowest BCUT2D eigenvalue weighted by molar-refractivity contribution is -0.130. The Morgan fingerprint density at radius 1 is 1.00 bits per heavy atom. The van der Waals surface area contributed by atoms with Crippen molar-refractivity contribution in [2.24, 2.45) is 0 Å². The molecule has 1 aliphatic heterocycles. The van der Waals surface area contributed by atoms with E-state index in [4.69, 9.17) is 19.4 Å². The molecule has 0 radical (unpaired) electrons. The van der Waals surface area contributed by atoms with E-state index in [9.17, 15) is 4.79 Å². The number of nitrogens with zero attached hydrogens (tertiary/aromatic N) is 4. The number of rotatable bonds is 16. The van der Waals surface area contributed by atoms with Crippen molar-refractivity contribution in [3.63, 3.8) is 0 Å². The number of ether oxygens (including phenoxy) is 2. The molecule has 1 atom stereocenters. The first-order valence-corrected chi connectivity index (χ1v) is 17.8. The largest absolute Gasteiger partial charge is 0.493 e. The standard InChI is InChI=1S/C37H50N6O3S/c1-26(36-21-30(25-47-36)31-14-10-9-13-29(31)24-38-4)39-37-32-22-34(45-5)35(23-33(32)40-27(2)41-37)46-20-12-8-6-7-11-15-42-16-18-43(19-17-42)28(3)44/h9-10,13-14,21-23,25-26,38H,6-8,11-12,15-20,24H2,1-5H3,(H,39,40,41)/t26-/m0/s1. The molecular weight excluding hydrogens is 609 g/mol. The van der Waals surface area contributed by atoms with Gasteiger partial charge in [0.2, 0.25) is 5.91 Å². The van der Waals surface area contributed by atoms with Crippen LogP contribution in [0.1, 0.15) is 68.3 Å². The van der Waals surface area contributed by atoms with E-state index in [0.717, 1.165) is 68.8 Å². The zero-order valence-corrected chi connectivity index (χ0v) is 29.4. The number of amides is 1. The second-order valence-corrected chi connectivity index (χ2v) is 13.3. The summed E-state index contributed by atoms with van der Waals surface area (Å²) in [5.41, 5.74) is 4.61. The quantitative estimate of drug-likeness (QED) is 0.124. The first-order valence-electron chi connectivity index (χ1n) is 16.9. The number of carbonyl (C=O) groups excluding carboxylic acids is 1. The minimum atomic E-state index is 0.0570. The molecule has 2 N–H and O–H groups in total. The number of piperazine rings is 1. The van der Waals surface area contributed by atoms with Gasteiger partial charge >= 0.3 is 0 Å². The lowest BCUT2D eigenvalue weighted by Gasteiger charge is -2.34. The summed E-state index contributed by atoms with van der Waals surface area (Å²) in [4.78, 5) is 26.7. The number of thiophene rings is 1. The Kier molecular flexibility index (Phi) is 12.4. The van der Waals surface area contributed by atoms with Crippen LogP contribution in [0.3, 0.4) is 0 Å². The molecule has 10 heteroatoms. The number of anilines is 1. The van der Waals surface area contributed by atoms with Crippen LogP contribution in [0.5, 0.6) is 11.5 Å². The molecular formula is C37H50N6O3S. The van der Waals surface area contributed by atoms with Gasteiger partial charge in [-0.25, -0.2) is 9.97 Å². The lowest BCUT2D eigenvalue weighted by Crippen LogP contribution is -2.48. The summed E-state index contributed by atoms with van der Waals surface area (Å²) in [6.45, 7) is 12.0. The molecule has 1 aliphatic rings. The summed E-state index contributed by atoms with van der Waals surface area (Å²) in [7, 11) is 3.66.